The molecule has 1 aromatic carbocycles. The van der Waals surface area contributed by atoms with Crippen LogP contribution in [0.15, 0.2) is 24.3 Å². The maximum absolute atomic E-state index is 12.8. The number of rotatable bonds is 5. The van der Waals surface area contributed by atoms with Gasteiger partial charge >= 0.3 is 0 Å². The molecule has 1 aromatic rings. The van der Waals surface area contributed by atoms with Crippen molar-refractivity contribution in [3.63, 3.8) is 0 Å². The molecule has 3 rings (SSSR count). The second kappa shape index (κ2) is 7.95. The number of nitrogens with one attached hydrogen (secondary N) is 1. The predicted octanol–water partition coefficient (Wildman–Crippen LogP) is 0.624. The number of fused-ring (bicyclic) bond motifs is 1. The Morgan fingerprint density at radius 3 is 2.88 bits per heavy atom. The van der Waals surface area contributed by atoms with Gasteiger partial charge in [0.25, 0.3) is 0 Å². The number of methoxy groups -OCH3 is 1. The second-order valence-electron chi connectivity index (χ2n) is 6.66. The van der Waals surface area contributed by atoms with Crippen LogP contribution in [0.2, 0.25) is 0 Å². The van der Waals surface area contributed by atoms with Gasteiger partial charge in [-0.05, 0) is 19.1 Å². The number of nitrogens with zero attached hydrogens (tertiary/aromatic N) is 3. The molecule has 1 saturated heterocycles. The summed E-state index contributed by atoms with van der Waals surface area (Å²) in [6.07, 6.45) is 0. The first kappa shape index (κ1) is 17.8. The molecule has 1 fully saturated rings. The van der Waals surface area contributed by atoms with Gasteiger partial charge in [-0.3, -0.25) is 24.3 Å². The number of carbonyl (C=O) groups excluding carboxylic acids is 2. The van der Waals surface area contributed by atoms with Gasteiger partial charge in [0.15, 0.2) is 0 Å². The molecule has 2 aliphatic rings. The number of carbonyl (C=O) groups is 2. The SMILES string of the molecule is COCCN1CCN(CC(=O)N2CC(=O)Nc3ccccc32)C[C@@H]1C. The lowest BCUT2D eigenvalue weighted by Gasteiger charge is -2.40. The Bertz CT molecular complexity index is 637. The summed E-state index contributed by atoms with van der Waals surface area (Å²) in [5.74, 6) is -0.176. The summed E-state index contributed by atoms with van der Waals surface area (Å²) < 4.78 is 5.15. The minimum Gasteiger partial charge on any atom is -0.383 e. The number of benzene rings is 1. The molecule has 0 aliphatic carbocycles. The average molecular weight is 346 g/mol. The molecule has 7 heteroatoms. The van der Waals surface area contributed by atoms with Crippen LogP contribution in [0, 0.1) is 0 Å². The predicted molar refractivity (Wildman–Crippen MR) is 96.8 cm³/mol. The summed E-state index contributed by atoms with van der Waals surface area (Å²) in [6, 6.07) is 7.82. The molecule has 1 N–H and O–H groups in total. The van der Waals surface area contributed by atoms with Gasteiger partial charge in [-0.25, -0.2) is 0 Å². The summed E-state index contributed by atoms with van der Waals surface area (Å²) in [7, 11) is 1.71. The Balaban J connectivity index is 1.61. The molecular formula is C18H26N4O3. The molecular weight excluding hydrogens is 320 g/mol. The van der Waals surface area contributed by atoms with Gasteiger partial charge in [0.2, 0.25) is 11.8 Å². The quantitative estimate of drug-likeness (QED) is 0.847. The van der Waals surface area contributed by atoms with Gasteiger partial charge in [-0.1, -0.05) is 12.1 Å². The van der Waals surface area contributed by atoms with Gasteiger partial charge in [0.1, 0.15) is 6.54 Å². The first-order valence-electron chi connectivity index (χ1n) is 8.73. The first-order chi connectivity index (χ1) is 12.1. The summed E-state index contributed by atoms with van der Waals surface area (Å²) in [6.45, 7) is 6.86. The minimum atomic E-state index is -0.148. The van der Waals surface area contributed by atoms with E-state index in [0.717, 1.165) is 38.5 Å². The van der Waals surface area contributed by atoms with E-state index in [1.165, 1.54) is 0 Å². The highest BCUT2D eigenvalue weighted by Gasteiger charge is 2.30. The van der Waals surface area contributed by atoms with Crippen LogP contribution in [0.1, 0.15) is 6.92 Å². The third-order valence-electron chi connectivity index (χ3n) is 4.86. The number of amides is 2. The lowest BCUT2D eigenvalue weighted by Crippen LogP contribution is -2.55. The fourth-order valence-corrected chi connectivity index (χ4v) is 3.49. The Morgan fingerprint density at radius 2 is 2.12 bits per heavy atom. The van der Waals surface area contributed by atoms with E-state index in [1.807, 2.05) is 24.3 Å². The van der Waals surface area contributed by atoms with E-state index in [-0.39, 0.29) is 18.4 Å². The lowest BCUT2D eigenvalue weighted by molar-refractivity contribution is -0.123. The smallest absolute Gasteiger partial charge is 0.244 e. The summed E-state index contributed by atoms with van der Waals surface area (Å²) in [5.41, 5.74) is 1.48. The van der Waals surface area contributed by atoms with Crippen LogP contribution in [0.4, 0.5) is 11.4 Å². The number of piperazine rings is 1. The molecule has 7 nitrogen and oxygen atoms in total. The van der Waals surface area contributed by atoms with Crippen LogP contribution in [0.25, 0.3) is 0 Å². The molecule has 25 heavy (non-hydrogen) atoms. The molecule has 0 spiro atoms. The van der Waals surface area contributed by atoms with E-state index in [0.29, 0.717) is 18.3 Å². The van der Waals surface area contributed by atoms with Gasteiger partial charge in [0.05, 0.1) is 24.5 Å². The van der Waals surface area contributed by atoms with Crippen molar-refractivity contribution in [3.8, 4) is 0 Å². The number of anilines is 2. The van der Waals surface area contributed by atoms with Crippen LogP contribution in [-0.2, 0) is 14.3 Å². The van der Waals surface area contributed by atoms with Crippen molar-refractivity contribution in [1.82, 2.24) is 9.80 Å². The maximum atomic E-state index is 12.8. The van der Waals surface area contributed by atoms with Crippen molar-refractivity contribution in [2.24, 2.45) is 0 Å². The topological polar surface area (TPSA) is 65.1 Å². The standard InChI is InChI=1S/C18H26N4O3/c1-14-11-20(7-8-21(14)9-10-25-2)13-18(24)22-12-17(23)19-15-5-3-4-6-16(15)22/h3-6,14H,7-13H2,1-2H3,(H,19,23)/t14-/m0/s1. The molecule has 2 amide bonds. The fraction of sp³-hybridized carbons (Fsp3) is 0.556. The van der Waals surface area contributed by atoms with Crippen molar-refractivity contribution in [1.29, 1.82) is 0 Å². The lowest BCUT2D eigenvalue weighted by atomic mass is 10.1. The third-order valence-corrected chi connectivity index (χ3v) is 4.86. The summed E-state index contributed by atoms with van der Waals surface area (Å²) in [5, 5.41) is 2.82. The molecule has 1 atom stereocenters. The molecule has 0 aromatic heterocycles. The van der Waals surface area contributed by atoms with Crippen molar-refractivity contribution in [3.05, 3.63) is 24.3 Å². The highest BCUT2D eigenvalue weighted by molar-refractivity contribution is 6.10. The van der Waals surface area contributed by atoms with Crippen LogP contribution in [-0.4, -0.2) is 80.6 Å². The zero-order valence-electron chi connectivity index (χ0n) is 14.9. The first-order valence-corrected chi connectivity index (χ1v) is 8.73. The minimum absolute atomic E-state index is 0.0279. The van der Waals surface area contributed by atoms with Gasteiger partial charge in [0, 0.05) is 39.3 Å². The summed E-state index contributed by atoms with van der Waals surface area (Å²) >= 11 is 0. The van der Waals surface area contributed by atoms with E-state index in [9.17, 15) is 9.59 Å². The van der Waals surface area contributed by atoms with E-state index in [2.05, 4.69) is 22.0 Å². The number of hydrogen-bond donors (Lipinski definition) is 1. The molecule has 2 heterocycles. The Morgan fingerprint density at radius 1 is 1.32 bits per heavy atom. The molecule has 136 valence electrons. The van der Waals surface area contributed by atoms with Crippen molar-refractivity contribution < 1.29 is 14.3 Å². The largest absolute Gasteiger partial charge is 0.383 e. The van der Waals surface area contributed by atoms with E-state index < -0.39 is 0 Å². The number of para-hydroxylation sites is 2. The Kier molecular flexibility index (Phi) is 5.67. The van der Waals surface area contributed by atoms with Crippen LogP contribution in [0.5, 0.6) is 0 Å². The molecule has 0 unspecified atom stereocenters. The second-order valence-corrected chi connectivity index (χ2v) is 6.66. The van der Waals surface area contributed by atoms with Crippen molar-refractivity contribution >= 4 is 23.2 Å². The Labute approximate surface area is 148 Å². The van der Waals surface area contributed by atoms with Crippen molar-refractivity contribution in [2.75, 3.05) is 63.2 Å². The molecule has 0 radical (unpaired) electrons. The summed E-state index contributed by atoms with van der Waals surface area (Å²) in [4.78, 5) is 30.8. The zero-order chi connectivity index (χ0) is 17.8. The zero-order valence-corrected chi connectivity index (χ0v) is 14.9. The van der Waals surface area contributed by atoms with Gasteiger partial charge < -0.3 is 10.1 Å². The molecule has 2 aliphatic heterocycles. The average Bonchev–Trinajstić information content (AvgIpc) is 2.60. The van der Waals surface area contributed by atoms with Crippen LogP contribution >= 0.6 is 0 Å². The highest BCUT2D eigenvalue weighted by atomic mass is 16.5. The van der Waals surface area contributed by atoms with Crippen LogP contribution in [0.3, 0.4) is 0 Å². The Hall–Kier alpha value is -1.96. The van der Waals surface area contributed by atoms with E-state index in [1.54, 1.807) is 12.0 Å². The monoisotopic (exact) mass is 346 g/mol. The normalized spacial score (nSPS) is 21.8. The van der Waals surface area contributed by atoms with Crippen LogP contribution < -0.4 is 10.2 Å². The fourth-order valence-electron chi connectivity index (χ4n) is 3.49. The molecule has 0 bridgehead atoms. The van der Waals surface area contributed by atoms with Crippen molar-refractivity contribution in [2.45, 2.75) is 13.0 Å². The maximum Gasteiger partial charge on any atom is 0.244 e. The van der Waals surface area contributed by atoms with Gasteiger partial charge in [-0.15, -0.1) is 0 Å². The number of ether oxygens (including phenoxy) is 1. The van der Waals surface area contributed by atoms with E-state index >= 15 is 0 Å². The van der Waals surface area contributed by atoms with Gasteiger partial charge in [-0.2, -0.15) is 0 Å². The highest BCUT2D eigenvalue weighted by Crippen LogP contribution is 2.29. The van der Waals surface area contributed by atoms with E-state index in [4.69, 9.17) is 4.74 Å². The number of hydrogen-bond acceptors (Lipinski definition) is 5. The molecule has 0 saturated carbocycles. The third kappa shape index (κ3) is 4.18.